The summed E-state index contributed by atoms with van der Waals surface area (Å²) < 4.78 is 16.7. The van der Waals surface area contributed by atoms with Crippen LogP contribution in [0.4, 0.5) is 0 Å². The predicted molar refractivity (Wildman–Crippen MR) is 71.4 cm³/mol. The van der Waals surface area contributed by atoms with E-state index in [9.17, 15) is 0 Å². The quantitative estimate of drug-likeness (QED) is 0.752. The molecule has 0 fully saturated rings. The first kappa shape index (κ1) is 13.2. The second-order valence-electron chi connectivity index (χ2n) is 4.76. The van der Waals surface area contributed by atoms with Crippen LogP contribution in [0.25, 0.3) is 0 Å². The highest BCUT2D eigenvalue weighted by molar-refractivity contribution is 5.40. The minimum atomic E-state index is 0.495. The van der Waals surface area contributed by atoms with E-state index in [-0.39, 0.29) is 0 Å². The highest BCUT2D eigenvalue weighted by Crippen LogP contribution is 2.29. The van der Waals surface area contributed by atoms with Crippen molar-refractivity contribution in [1.29, 1.82) is 0 Å². The third-order valence-electron chi connectivity index (χ3n) is 3.27. The molecule has 3 heteroatoms. The Morgan fingerprint density at radius 3 is 3.06 bits per heavy atom. The first-order chi connectivity index (χ1) is 8.83. The van der Waals surface area contributed by atoms with Gasteiger partial charge in [-0.2, -0.15) is 0 Å². The summed E-state index contributed by atoms with van der Waals surface area (Å²) in [5.74, 6) is 2.39. The maximum absolute atomic E-state index is 5.86. The Labute approximate surface area is 109 Å². The van der Waals surface area contributed by atoms with Gasteiger partial charge in [-0.05, 0) is 43.0 Å². The molecular weight excluding hydrogens is 228 g/mol. The molecule has 3 nitrogen and oxygen atoms in total. The van der Waals surface area contributed by atoms with Gasteiger partial charge >= 0.3 is 0 Å². The van der Waals surface area contributed by atoms with Crippen molar-refractivity contribution in [3.05, 3.63) is 23.8 Å². The zero-order valence-electron chi connectivity index (χ0n) is 11.3. The molecule has 0 amide bonds. The van der Waals surface area contributed by atoms with Crippen LogP contribution in [0.5, 0.6) is 11.5 Å². The van der Waals surface area contributed by atoms with Gasteiger partial charge < -0.3 is 14.2 Å². The average molecular weight is 250 g/mol. The van der Waals surface area contributed by atoms with Crippen molar-refractivity contribution in [2.24, 2.45) is 5.92 Å². The summed E-state index contributed by atoms with van der Waals surface area (Å²) in [4.78, 5) is 0. The second-order valence-corrected chi connectivity index (χ2v) is 4.76. The minimum absolute atomic E-state index is 0.495. The molecule has 0 bridgehead atoms. The molecule has 0 aromatic heterocycles. The zero-order chi connectivity index (χ0) is 12.8. The lowest BCUT2D eigenvalue weighted by Crippen LogP contribution is -2.17. The maximum atomic E-state index is 5.86. The van der Waals surface area contributed by atoms with Crippen LogP contribution in [-0.4, -0.2) is 26.9 Å². The van der Waals surface area contributed by atoms with E-state index < -0.39 is 0 Å². The summed E-state index contributed by atoms with van der Waals surface area (Å²) in [6.07, 6.45) is 3.22. The highest BCUT2D eigenvalue weighted by atomic mass is 16.5. The number of ether oxygens (including phenoxy) is 3. The lowest BCUT2D eigenvalue weighted by atomic mass is 10.0. The van der Waals surface area contributed by atoms with Gasteiger partial charge in [0.2, 0.25) is 0 Å². The number of methoxy groups -OCH3 is 1. The van der Waals surface area contributed by atoms with E-state index in [1.54, 1.807) is 7.11 Å². The van der Waals surface area contributed by atoms with Crippen molar-refractivity contribution < 1.29 is 14.2 Å². The molecule has 0 spiro atoms. The molecule has 0 saturated heterocycles. The molecule has 1 atom stereocenters. The molecule has 100 valence electrons. The van der Waals surface area contributed by atoms with Crippen molar-refractivity contribution in [3.8, 4) is 11.5 Å². The minimum Gasteiger partial charge on any atom is -0.497 e. The fourth-order valence-electron chi connectivity index (χ4n) is 2.20. The summed E-state index contributed by atoms with van der Waals surface area (Å²) in [5.41, 5.74) is 1.24. The van der Waals surface area contributed by atoms with Crippen molar-refractivity contribution in [1.82, 2.24) is 0 Å². The standard InChI is InChI=1S/C15H22O3/c1-3-8-17-10-12-4-5-13-9-14(16-2)6-7-15(13)18-11-12/h6-7,9,12H,3-5,8,10-11H2,1-2H3. The number of hydrogen-bond acceptors (Lipinski definition) is 3. The molecule has 1 aliphatic heterocycles. The molecule has 1 aromatic rings. The monoisotopic (exact) mass is 250 g/mol. The molecule has 1 aromatic carbocycles. The molecule has 1 heterocycles. The van der Waals surface area contributed by atoms with Gasteiger partial charge in [0.1, 0.15) is 11.5 Å². The number of fused-ring (bicyclic) bond motifs is 1. The molecule has 1 unspecified atom stereocenters. The van der Waals surface area contributed by atoms with Gasteiger partial charge in [0.15, 0.2) is 0 Å². The third-order valence-corrected chi connectivity index (χ3v) is 3.27. The van der Waals surface area contributed by atoms with Crippen molar-refractivity contribution in [2.45, 2.75) is 26.2 Å². The second kappa shape index (κ2) is 6.64. The summed E-state index contributed by atoms with van der Waals surface area (Å²) in [7, 11) is 1.70. The average Bonchev–Trinajstić information content (AvgIpc) is 2.61. The Morgan fingerprint density at radius 1 is 1.39 bits per heavy atom. The molecular formula is C15H22O3. The van der Waals surface area contributed by atoms with Crippen LogP contribution in [0, 0.1) is 5.92 Å². The third kappa shape index (κ3) is 3.39. The van der Waals surface area contributed by atoms with E-state index in [0.717, 1.165) is 50.6 Å². The molecule has 1 aliphatic rings. The van der Waals surface area contributed by atoms with Crippen molar-refractivity contribution in [3.63, 3.8) is 0 Å². The van der Waals surface area contributed by atoms with Gasteiger partial charge in [-0.25, -0.2) is 0 Å². The van der Waals surface area contributed by atoms with Crippen molar-refractivity contribution in [2.75, 3.05) is 26.9 Å². The fourth-order valence-corrected chi connectivity index (χ4v) is 2.20. The van der Waals surface area contributed by atoms with Crippen LogP contribution >= 0.6 is 0 Å². The first-order valence-electron chi connectivity index (χ1n) is 6.71. The van der Waals surface area contributed by atoms with Gasteiger partial charge in [0.25, 0.3) is 0 Å². The van der Waals surface area contributed by atoms with E-state index in [4.69, 9.17) is 14.2 Å². The highest BCUT2D eigenvalue weighted by Gasteiger charge is 2.17. The Balaban J connectivity index is 1.94. The number of benzene rings is 1. The van der Waals surface area contributed by atoms with Crippen LogP contribution in [0.1, 0.15) is 25.3 Å². The van der Waals surface area contributed by atoms with E-state index in [0.29, 0.717) is 5.92 Å². The molecule has 18 heavy (non-hydrogen) atoms. The first-order valence-corrected chi connectivity index (χ1v) is 6.71. The van der Waals surface area contributed by atoms with E-state index in [1.807, 2.05) is 12.1 Å². The van der Waals surface area contributed by atoms with E-state index in [2.05, 4.69) is 13.0 Å². The smallest absolute Gasteiger partial charge is 0.122 e. The Kier molecular flexibility index (Phi) is 4.88. The predicted octanol–water partition coefficient (Wildman–Crippen LogP) is 3.06. The van der Waals surface area contributed by atoms with Crippen molar-refractivity contribution >= 4 is 0 Å². The number of aryl methyl sites for hydroxylation is 1. The summed E-state index contributed by atoms with van der Waals surface area (Å²) in [6.45, 7) is 4.53. The number of hydrogen-bond donors (Lipinski definition) is 0. The molecule has 0 saturated carbocycles. The SMILES string of the molecule is CCCOCC1CCc2cc(OC)ccc2OC1. The topological polar surface area (TPSA) is 27.7 Å². The van der Waals surface area contributed by atoms with Gasteiger partial charge in [-0.3, -0.25) is 0 Å². The lowest BCUT2D eigenvalue weighted by Gasteiger charge is -2.13. The maximum Gasteiger partial charge on any atom is 0.122 e. The molecule has 2 rings (SSSR count). The molecule has 0 radical (unpaired) electrons. The Morgan fingerprint density at radius 2 is 2.28 bits per heavy atom. The zero-order valence-corrected chi connectivity index (χ0v) is 11.3. The van der Waals surface area contributed by atoms with Gasteiger partial charge in [0, 0.05) is 12.5 Å². The van der Waals surface area contributed by atoms with Gasteiger partial charge in [-0.15, -0.1) is 0 Å². The summed E-state index contributed by atoms with van der Waals surface area (Å²) >= 11 is 0. The summed E-state index contributed by atoms with van der Waals surface area (Å²) in [6, 6.07) is 6.03. The van der Waals surface area contributed by atoms with Crippen LogP contribution in [0.2, 0.25) is 0 Å². The van der Waals surface area contributed by atoms with E-state index in [1.165, 1.54) is 5.56 Å². The molecule has 0 aliphatic carbocycles. The fraction of sp³-hybridized carbons (Fsp3) is 0.600. The normalized spacial score (nSPS) is 18.7. The lowest BCUT2D eigenvalue weighted by molar-refractivity contribution is 0.0784. The molecule has 0 N–H and O–H groups in total. The van der Waals surface area contributed by atoms with Crippen LogP contribution in [0.15, 0.2) is 18.2 Å². The number of rotatable bonds is 5. The van der Waals surface area contributed by atoms with E-state index >= 15 is 0 Å². The van der Waals surface area contributed by atoms with Crippen LogP contribution in [0.3, 0.4) is 0 Å². The van der Waals surface area contributed by atoms with Gasteiger partial charge in [-0.1, -0.05) is 6.92 Å². The van der Waals surface area contributed by atoms with Gasteiger partial charge in [0.05, 0.1) is 20.3 Å². The largest absolute Gasteiger partial charge is 0.497 e. The van der Waals surface area contributed by atoms with Crippen LogP contribution < -0.4 is 9.47 Å². The Hall–Kier alpha value is -1.22. The Bertz CT molecular complexity index is 376. The van der Waals surface area contributed by atoms with Crippen LogP contribution in [-0.2, 0) is 11.2 Å². The summed E-state index contributed by atoms with van der Waals surface area (Å²) in [5, 5.41) is 0.